The first-order chi connectivity index (χ1) is 15.4. The Kier molecular flexibility index (Phi) is 7.47. The van der Waals surface area contributed by atoms with Crippen molar-refractivity contribution in [2.75, 3.05) is 36.2 Å². The number of nitro benzene ring substituents is 1. The molecule has 2 amide bonds. The zero-order valence-corrected chi connectivity index (χ0v) is 18.2. The normalized spacial score (nSPS) is 10.4. The van der Waals surface area contributed by atoms with Gasteiger partial charge < -0.3 is 15.4 Å². The molecule has 32 heavy (non-hydrogen) atoms. The van der Waals surface area contributed by atoms with Crippen LogP contribution < -0.4 is 16.0 Å². The second-order valence-electron chi connectivity index (χ2n) is 6.66. The summed E-state index contributed by atoms with van der Waals surface area (Å²) in [6.07, 6.45) is 0. The minimum atomic E-state index is -0.554. The van der Waals surface area contributed by atoms with Gasteiger partial charge in [0.05, 0.1) is 22.8 Å². The van der Waals surface area contributed by atoms with E-state index < -0.39 is 10.8 Å². The molecular formula is C21H21N5O5S. The number of methoxy groups -OCH3 is 1. The number of nitrogens with zero attached hydrogens (tertiary/aromatic N) is 2. The van der Waals surface area contributed by atoms with E-state index in [9.17, 15) is 19.7 Å². The van der Waals surface area contributed by atoms with Crippen molar-refractivity contribution in [3.63, 3.8) is 0 Å². The zero-order chi connectivity index (χ0) is 23.1. The lowest BCUT2D eigenvalue weighted by Gasteiger charge is -2.11. The SMILES string of the molecule is COCCNc1ccc([N+](=O)[O-])cc1C(=O)Nc1nc(-c2ccc(NC(C)=O)cc2)cs1. The fourth-order valence-electron chi connectivity index (χ4n) is 2.83. The summed E-state index contributed by atoms with van der Waals surface area (Å²) in [5.41, 5.74) is 2.53. The Balaban J connectivity index is 1.77. The molecule has 3 aromatic rings. The number of benzene rings is 2. The third-order valence-corrected chi connectivity index (χ3v) is 5.06. The Morgan fingerprint density at radius 2 is 1.91 bits per heavy atom. The second kappa shape index (κ2) is 10.5. The highest BCUT2D eigenvalue weighted by Gasteiger charge is 2.18. The van der Waals surface area contributed by atoms with Gasteiger partial charge in [-0.05, 0) is 18.2 Å². The molecule has 1 aromatic heterocycles. The van der Waals surface area contributed by atoms with Crippen molar-refractivity contribution in [2.45, 2.75) is 6.92 Å². The molecule has 0 atom stereocenters. The van der Waals surface area contributed by atoms with Crippen LogP contribution >= 0.6 is 11.3 Å². The van der Waals surface area contributed by atoms with Crippen molar-refractivity contribution >= 4 is 45.3 Å². The molecule has 0 aliphatic rings. The lowest BCUT2D eigenvalue weighted by Crippen LogP contribution is -2.16. The van der Waals surface area contributed by atoms with E-state index >= 15 is 0 Å². The van der Waals surface area contributed by atoms with E-state index in [1.165, 1.54) is 36.5 Å². The lowest BCUT2D eigenvalue weighted by molar-refractivity contribution is -0.384. The summed E-state index contributed by atoms with van der Waals surface area (Å²) in [6, 6.07) is 11.2. The van der Waals surface area contributed by atoms with E-state index in [1.54, 1.807) is 24.6 Å². The van der Waals surface area contributed by atoms with Gasteiger partial charge in [-0.2, -0.15) is 0 Å². The van der Waals surface area contributed by atoms with Crippen LogP contribution in [0.2, 0.25) is 0 Å². The van der Waals surface area contributed by atoms with Crippen molar-refractivity contribution in [1.82, 2.24) is 4.98 Å². The molecule has 3 N–H and O–H groups in total. The van der Waals surface area contributed by atoms with Gasteiger partial charge in [0.2, 0.25) is 5.91 Å². The topological polar surface area (TPSA) is 135 Å². The van der Waals surface area contributed by atoms with E-state index in [0.717, 1.165) is 5.56 Å². The van der Waals surface area contributed by atoms with E-state index in [1.807, 2.05) is 12.1 Å². The van der Waals surface area contributed by atoms with Crippen molar-refractivity contribution < 1.29 is 19.2 Å². The Bertz CT molecular complexity index is 1130. The van der Waals surface area contributed by atoms with Crippen LogP contribution in [-0.4, -0.2) is 42.0 Å². The third kappa shape index (κ3) is 5.86. The molecule has 0 saturated carbocycles. The molecule has 3 rings (SSSR count). The van der Waals surface area contributed by atoms with E-state index in [4.69, 9.17) is 4.74 Å². The minimum Gasteiger partial charge on any atom is -0.383 e. The number of hydrogen-bond acceptors (Lipinski definition) is 8. The molecule has 0 spiro atoms. The number of anilines is 3. The van der Waals surface area contributed by atoms with E-state index in [2.05, 4.69) is 20.9 Å². The summed E-state index contributed by atoms with van der Waals surface area (Å²) in [5.74, 6) is -0.677. The average Bonchev–Trinajstić information content (AvgIpc) is 3.22. The summed E-state index contributed by atoms with van der Waals surface area (Å²) in [5, 5.41) is 21.7. The number of carbonyl (C=O) groups excluding carboxylic acids is 2. The number of rotatable bonds is 9. The highest BCUT2D eigenvalue weighted by atomic mass is 32.1. The maximum atomic E-state index is 12.9. The highest BCUT2D eigenvalue weighted by Crippen LogP contribution is 2.28. The van der Waals surface area contributed by atoms with Crippen LogP contribution in [0.15, 0.2) is 47.8 Å². The molecule has 2 aromatic carbocycles. The van der Waals surface area contributed by atoms with Crippen molar-refractivity contribution in [3.05, 3.63) is 63.5 Å². The predicted molar refractivity (Wildman–Crippen MR) is 123 cm³/mol. The molecule has 0 aliphatic heterocycles. The van der Waals surface area contributed by atoms with E-state index in [0.29, 0.717) is 35.4 Å². The van der Waals surface area contributed by atoms with Crippen LogP contribution in [-0.2, 0) is 9.53 Å². The molecule has 1 heterocycles. The Morgan fingerprint density at radius 3 is 2.56 bits per heavy atom. The fraction of sp³-hybridized carbons (Fsp3) is 0.190. The number of nitrogens with one attached hydrogen (secondary N) is 3. The minimum absolute atomic E-state index is 0.131. The van der Waals surface area contributed by atoms with Gasteiger partial charge in [0.25, 0.3) is 11.6 Å². The molecule has 166 valence electrons. The maximum Gasteiger partial charge on any atom is 0.270 e. The predicted octanol–water partition coefficient (Wildman–Crippen LogP) is 3.99. The molecular weight excluding hydrogens is 434 g/mol. The number of nitro groups is 1. The van der Waals surface area contributed by atoms with Crippen molar-refractivity contribution in [1.29, 1.82) is 0 Å². The van der Waals surface area contributed by atoms with Gasteiger partial charge in [-0.1, -0.05) is 12.1 Å². The van der Waals surface area contributed by atoms with Crippen LogP contribution in [0.3, 0.4) is 0 Å². The third-order valence-electron chi connectivity index (χ3n) is 4.31. The van der Waals surface area contributed by atoms with E-state index in [-0.39, 0.29) is 17.2 Å². The Labute approximate surface area is 187 Å². The van der Waals surface area contributed by atoms with Crippen LogP contribution in [0, 0.1) is 10.1 Å². The summed E-state index contributed by atoms with van der Waals surface area (Å²) in [6.45, 7) is 2.28. The zero-order valence-electron chi connectivity index (χ0n) is 17.4. The Morgan fingerprint density at radius 1 is 1.16 bits per heavy atom. The van der Waals surface area contributed by atoms with Crippen LogP contribution in [0.4, 0.5) is 22.2 Å². The summed E-state index contributed by atoms with van der Waals surface area (Å²) in [7, 11) is 1.55. The number of thiazole rings is 1. The molecule has 0 bridgehead atoms. The number of aromatic nitrogens is 1. The number of amides is 2. The first-order valence-electron chi connectivity index (χ1n) is 9.53. The van der Waals surface area contributed by atoms with Gasteiger partial charge >= 0.3 is 0 Å². The summed E-state index contributed by atoms with van der Waals surface area (Å²) < 4.78 is 4.99. The second-order valence-corrected chi connectivity index (χ2v) is 7.52. The average molecular weight is 455 g/mol. The van der Waals surface area contributed by atoms with Crippen LogP contribution in [0.5, 0.6) is 0 Å². The quantitative estimate of drug-likeness (QED) is 0.252. The number of hydrogen-bond donors (Lipinski definition) is 3. The largest absolute Gasteiger partial charge is 0.383 e. The number of carbonyl (C=O) groups is 2. The van der Waals surface area contributed by atoms with Gasteiger partial charge in [-0.3, -0.25) is 25.0 Å². The smallest absolute Gasteiger partial charge is 0.270 e. The summed E-state index contributed by atoms with van der Waals surface area (Å²) in [4.78, 5) is 39.0. The monoisotopic (exact) mass is 455 g/mol. The van der Waals surface area contributed by atoms with Gasteiger partial charge in [0.15, 0.2) is 5.13 Å². The summed E-state index contributed by atoms with van der Waals surface area (Å²) >= 11 is 1.23. The van der Waals surface area contributed by atoms with Gasteiger partial charge in [-0.15, -0.1) is 11.3 Å². The fourth-order valence-corrected chi connectivity index (χ4v) is 3.55. The number of non-ortho nitro benzene ring substituents is 1. The first-order valence-corrected chi connectivity index (χ1v) is 10.4. The number of ether oxygens (including phenoxy) is 1. The first kappa shape index (κ1) is 22.8. The van der Waals surface area contributed by atoms with Gasteiger partial charge in [0, 0.05) is 55.0 Å². The standard InChI is InChI=1S/C21H21N5O5S/c1-13(27)23-15-5-3-14(4-6-15)19-12-32-21(24-19)25-20(28)17-11-16(26(29)30)7-8-18(17)22-9-10-31-2/h3-8,11-12,22H,9-10H2,1-2H3,(H,23,27)(H,24,25,28). The molecule has 11 heteroatoms. The van der Waals surface area contributed by atoms with Gasteiger partial charge in [-0.25, -0.2) is 4.98 Å². The van der Waals surface area contributed by atoms with Crippen LogP contribution in [0.25, 0.3) is 11.3 Å². The molecule has 0 aliphatic carbocycles. The lowest BCUT2D eigenvalue weighted by atomic mass is 10.1. The molecule has 0 radical (unpaired) electrons. The molecule has 0 saturated heterocycles. The molecule has 0 unspecified atom stereocenters. The Hall–Kier alpha value is -3.83. The van der Waals surface area contributed by atoms with Crippen molar-refractivity contribution in [2.24, 2.45) is 0 Å². The van der Waals surface area contributed by atoms with Crippen LogP contribution in [0.1, 0.15) is 17.3 Å². The molecule has 0 fully saturated rings. The van der Waals surface area contributed by atoms with Crippen molar-refractivity contribution in [3.8, 4) is 11.3 Å². The van der Waals surface area contributed by atoms with Gasteiger partial charge in [0.1, 0.15) is 0 Å². The maximum absolute atomic E-state index is 12.9. The molecule has 10 nitrogen and oxygen atoms in total. The highest BCUT2D eigenvalue weighted by molar-refractivity contribution is 7.14.